The van der Waals surface area contributed by atoms with Gasteiger partial charge in [-0.15, -0.1) is 0 Å². The second-order valence-electron chi connectivity index (χ2n) is 5.70. The predicted octanol–water partition coefficient (Wildman–Crippen LogP) is 3.04. The van der Waals surface area contributed by atoms with Crippen LogP contribution >= 0.6 is 0 Å². The topological polar surface area (TPSA) is 46.3 Å². The molecule has 1 amide bonds. The molecule has 0 aliphatic heterocycles. The van der Waals surface area contributed by atoms with E-state index in [9.17, 15) is 4.79 Å². The molecule has 0 saturated heterocycles. The van der Waals surface area contributed by atoms with Crippen molar-refractivity contribution in [2.45, 2.75) is 19.3 Å². The molecule has 0 heterocycles. The maximum Gasteiger partial charge on any atom is 0.230 e. The van der Waals surface area contributed by atoms with Gasteiger partial charge in [-0.1, -0.05) is 24.3 Å². The van der Waals surface area contributed by atoms with Crippen LogP contribution in [0.4, 0.5) is 11.4 Å². The van der Waals surface area contributed by atoms with Crippen molar-refractivity contribution < 1.29 is 4.79 Å². The number of aryl methyl sites for hydroxylation is 1. The van der Waals surface area contributed by atoms with Crippen LogP contribution in [0.2, 0.25) is 0 Å². The Morgan fingerprint density at radius 2 is 1.76 bits per heavy atom. The molecule has 3 rings (SSSR count). The van der Waals surface area contributed by atoms with Crippen molar-refractivity contribution in [3.05, 3.63) is 59.7 Å². The van der Waals surface area contributed by atoms with Crippen molar-refractivity contribution >= 4 is 17.3 Å². The zero-order valence-corrected chi connectivity index (χ0v) is 12.3. The van der Waals surface area contributed by atoms with Crippen LogP contribution in [0.15, 0.2) is 48.5 Å². The fourth-order valence-electron chi connectivity index (χ4n) is 3.01. The van der Waals surface area contributed by atoms with Crippen molar-refractivity contribution in [3.63, 3.8) is 0 Å². The van der Waals surface area contributed by atoms with Gasteiger partial charge in [-0.2, -0.15) is 0 Å². The van der Waals surface area contributed by atoms with Gasteiger partial charge in [-0.3, -0.25) is 4.79 Å². The van der Waals surface area contributed by atoms with Gasteiger partial charge < -0.3 is 10.6 Å². The third-order valence-electron chi connectivity index (χ3n) is 4.31. The SMILES string of the molecule is CN(C(=O)C1CCc2ccccc2C1)c1ccc(N)cc1. The molecule has 1 aliphatic rings. The quantitative estimate of drug-likeness (QED) is 0.859. The standard InChI is InChI=1S/C18H20N2O/c1-20(17-10-8-16(19)9-11-17)18(21)15-7-6-13-4-2-3-5-14(13)12-15/h2-5,8-11,15H,6-7,12,19H2,1H3. The van der Waals surface area contributed by atoms with Gasteiger partial charge in [0.25, 0.3) is 0 Å². The van der Waals surface area contributed by atoms with Gasteiger partial charge in [-0.05, 0) is 54.7 Å². The Balaban J connectivity index is 1.75. The van der Waals surface area contributed by atoms with E-state index in [0.717, 1.165) is 24.9 Å². The normalized spacial score (nSPS) is 17.1. The lowest BCUT2D eigenvalue weighted by Crippen LogP contribution is -2.35. The molecule has 0 radical (unpaired) electrons. The highest BCUT2D eigenvalue weighted by atomic mass is 16.2. The Kier molecular flexibility index (Phi) is 3.65. The van der Waals surface area contributed by atoms with Crippen molar-refractivity contribution in [1.82, 2.24) is 0 Å². The summed E-state index contributed by atoms with van der Waals surface area (Å²) in [7, 11) is 1.84. The average molecular weight is 280 g/mol. The third kappa shape index (κ3) is 2.77. The first-order valence-electron chi connectivity index (χ1n) is 7.35. The number of nitrogen functional groups attached to an aromatic ring is 1. The largest absolute Gasteiger partial charge is 0.399 e. The van der Waals surface area contributed by atoms with Crippen LogP contribution in [0.1, 0.15) is 17.5 Å². The highest BCUT2D eigenvalue weighted by molar-refractivity contribution is 5.95. The minimum absolute atomic E-state index is 0.0717. The molecule has 3 nitrogen and oxygen atoms in total. The number of nitrogens with two attached hydrogens (primary N) is 1. The maximum absolute atomic E-state index is 12.7. The second-order valence-corrected chi connectivity index (χ2v) is 5.70. The smallest absolute Gasteiger partial charge is 0.230 e. The van der Waals surface area contributed by atoms with Crippen molar-refractivity contribution in [2.75, 3.05) is 17.7 Å². The molecule has 0 bridgehead atoms. The number of fused-ring (bicyclic) bond motifs is 1. The molecule has 2 N–H and O–H groups in total. The molecule has 0 aromatic heterocycles. The molecule has 3 heteroatoms. The number of anilines is 2. The predicted molar refractivity (Wildman–Crippen MR) is 86.2 cm³/mol. The summed E-state index contributed by atoms with van der Waals surface area (Å²) in [4.78, 5) is 14.4. The minimum atomic E-state index is 0.0717. The molecule has 0 fully saturated rings. The second kappa shape index (κ2) is 5.60. The summed E-state index contributed by atoms with van der Waals surface area (Å²) in [5.74, 6) is 0.261. The minimum Gasteiger partial charge on any atom is -0.399 e. The number of hydrogen-bond donors (Lipinski definition) is 1. The Morgan fingerprint density at radius 3 is 2.48 bits per heavy atom. The Morgan fingerprint density at radius 1 is 1.10 bits per heavy atom. The summed E-state index contributed by atoms with van der Waals surface area (Å²) >= 11 is 0. The summed E-state index contributed by atoms with van der Waals surface area (Å²) in [6.45, 7) is 0. The Labute approximate surface area is 125 Å². The van der Waals surface area contributed by atoms with Gasteiger partial charge in [0.15, 0.2) is 0 Å². The average Bonchev–Trinajstić information content (AvgIpc) is 2.54. The van der Waals surface area contributed by atoms with E-state index in [1.54, 1.807) is 4.90 Å². The Bertz CT molecular complexity index is 649. The van der Waals surface area contributed by atoms with Gasteiger partial charge in [-0.25, -0.2) is 0 Å². The van der Waals surface area contributed by atoms with Crippen molar-refractivity contribution in [3.8, 4) is 0 Å². The lowest BCUT2D eigenvalue weighted by Gasteiger charge is -2.28. The van der Waals surface area contributed by atoms with E-state index in [2.05, 4.69) is 24.3 Å². The molecular formula is C18H20N2O. The van der Waals surface area contributed by atoms with Crippen LogP contribution < -0.4 is 10.6 Å². The summed E-state index contributed by atoms with van der Waals surface area (Å²) < 4.78 is 0. The first-order valence-corrected chi connectivity index (χ1v) is 7.35. The van der Waals surface area contributed by atoms with Crippen LogP contribution in [-0.2, 0) is 17.6 Å². The number of hydrogen-bond acceptors (Lipinski definition) is 2. The van der Waals surface area contributed by atoms with E-state index >= 15 is 0 Å². The van der Waals surface area contributed by atoms with Gasteiger partial charge in [0.1, 0.15) is 0 Å². The highest BCUT2D eigenvalue weighted by Crippen LogP contribution is 2.28. The fraction of sp³-hybridized carbons (Fsp3) is 0.278. The van der Waals surface area contributed by atoms with Crippen LogP contribution in [0.3, 0.4) is 0 Å². The monoisotopic (exact) mass is 280 g/mol. The van der Waals surface area contributed by atoms with Gasteiger partial charge >= 0.3 is 0 Å². The summed E-state index contributed by atoms with van der Waals surface area (Å²) in [6.07, 6.45) is 2.76. The molecule has 2 aromatic carbocycles. The number of nitrogens with zero attached hydrogens (tertiary/aromatic N) is 1. The molecular weight excluding hydrogens is 260 g/mol. The summed E-state index contributed by atoms with van der Waals surface area (Å²) in [5.41, 5.74) is 10.0. The number of carbonyl (C=O) groups excluding carboxylic acids is 1. The van der Waals surface area contributed by atoms with Crippen LogP contribution in [0.5, 0.6) is 0 Å². The lowest BCUT2D eigenvalue weighted by molar-refractivity contribution is -0.122. The molecule has 0 saturated carbocycles. The van der Waals surface area contributed by atoms with E-state index in [1.807, 2.05) is 31.3 Å². The number of carbonyl (C=O) groups is 1. The highest BCUT2D eigenvalue weighted by Gasteiger charge is 2.27. The van der Waals surface area contributed by atoms with Crippen LogP contribution in [-0.4, -0.2) is 13.0 Å². The van der Waals surface area contributed by atoms with E-state index < -0.39 is 0 Å². The molecule has 21 heavy (non-hydrogen) atoms. The molecule has 108 valence electrons. The zero-order chi connectivity index (χ0) is 14.8. The fourth-order valence-corrected chi connectivity index (χ4v) is 3.01. The van der Waals surface area contributed by atoms with Crippen molar-refractivity contribution in [1.29, 1.82) is 0 Å². The van der Waals surface area contributed by atoms with Crippen LogP contribution in [0.25, 0.3) is 0 Å². The Hall–Kier alpha value is -2.29. The summed E-state index contributed by atoms with van der Waals surface area (Å²) in [6, 6.07) is 15.9. The molecule has 1 aliphatic carbocycles. The van der Waals surface area contributed by atoms with Gasteiger partial charge in [0, 0.05) is 24.3 Å². The maximum atomic E-state index is 12.7. The number of rotatable bonds is 2. The van der Waals surface area contributed by atoms with E-state index in [-0.39, 0.29) is 11.8 Å². The number of benzene rings is 2. The van der Waals surface area contributed by atoms with Crippen LogP contribution in [0, 0.1) is 5.92 Å². The number of amides is 1. The summed E-state index contributed by atoms with van der Waals surface area (Å²) in [5, 5.41) is 0. The first kappa shape index (κ1) is 13.7. The van der Waals surface area contributed by atoms with Gasteiger partial charge in [0.05, 0.1) is 0 Å². The molecule has 1 atom stereocenters. The van der Waals surface area contributed by atoms with Crippen molar-refractivity contribution in [2.24, 2.45) is 5.92 Å². The molecule has 1 unspecified atom stereocenters. The van der Waals surface area contributed by atoms with E-state index in [1.165, 1.54) is 11.1 Å². The molecule has 0 spiro atoms. The first-order chi connectivity index (χ1) is 10.1. The lowest BCUT2D eigenvalue weighted by atomic mass is 9.83. The zero-order valence-electron chi connectivity index (χ0n) is 12.3. The van der Waals surface area contributed by atoms with E-state index in [4.69, 9.17) is 5.73 Å². The van der Waals surface area contributed by atoms with Gasteiger partial charge in [0.2, 0.25) is 5.91 Å². The van der Waals surface area contributed by atoms with E-state index in [0.29, 0.717) is 5.69 Å². The third-order valence-corrected chi connectivity index (χ3v) is 4.31. The molecule has 2 aromatic rings.